The van der Waals surface area contributed by atoms with Crippen LogP contribution >= 0.6 is 0 Å². The van der Waals surface area contributed by atoms with Gasteiger partial charge in [-0.25, -0.2) is 0 Å². The fraction of sp³-hybridized carbons (Fsp3) is 0.364. The van der Waals surface area contributed by atoms with Crippen molar-refractivity contribution >= 4 is 5.91 Å². The van der Waals surface area contributed by atoms with Crippen molar-refractivity contribution in [3.63, 3.8) is 0 Å². The molecule has 1 aliphatic heterocycles. The van der Waals surface area contributed by atoms with Crippen molar-refractivity contribution in [2.45, 2.75) is 32.7 Å². The summed E-state index contributed by atoms with van der Waals surface area (Å²) in [7, 11) is 0. The number of benzene rings is 2. The predicted octanol–water partition coefficient (Wildman–Crippen LogP) is 4.94. The zero-order chi connectivity index (χ0) is 17.6. The molecule has 2 aromatic rings. The summed E-state index contributed by atoms with van der Waals surface area (Å²) in [5.74, 6) is 1.35. The quantitative estimate of drug-likeness (QED) is 0.403. The molecule has 1 heterocycles. The van der Waals surface area contributed by atoms with Crippen LogP contribution in [0, 0.1) is 5.92 Å². The van der Waals surface area contributed by atoms with Crippen LogP contribution in [0.4, 0.5) is 0 Å². The SMILES string of the molecule is C[C-](C)CN1CCC([N-]C(=O)c2ccccc2-c2ccccc2)CC1.[Re].[Rf]. The van der Waals surface area contributed by atoms with Crippen LogP contribution in [0.3, 0.4) is 0 Å². The van der Waals surface area contributed by atoms with E-state index in [4.69, 9.17) is 0 Å². The number of hydrogen-bond donors (Lipinski definition) is 0. The number of likely N-dealkylation sites (tertiary alicyclic amines) is 1. The van der Waals surface area contributed by atoms with E-state index in [0.29, 0.717) is 5.56 Å². The molecule has 0 saturated carbocycles. The normalized spacial score (nSPS) is 14.9. The molecule has 141 valence electrons. The molecule has 0 aliphatic carbocycles. The van der Waals surface area contributed by atoms with Crippen LogP contribution in [0.5, 0.6) is 0 Å². The summed E-state index contributed by atoms with van der Waals surface area (Å²) >= 11 is 0. The van der Waals surface area contributed by atoms with Crippen molar-refractivity contribution < 1.29 is 25.2 Å². The number of rotatable bonds is 5. The van der Waals surface area contributed by atoms with Crippen LogP contribution in [-0.4, -0.2) is 36.5 Å². The second-order valence-electron chi connectivity index (χ2n) is 7.06. The molecule has 1 radical (unpaired) electrons. The van der Waals surface area contributed by atoms with Crippen molar-refractivity contribution in [1.29, 1.82) is 0 Å². The number of piperidine rings is 1. The number of nitrogens with zero attached hydrogens (tertiary/aromatic N) is 2. The summed E-state index contributed by atoms with van der Waals surface area (Å²) in [5.41, 5.74) is 2.73. The Morgan fingerprint density at radius 3 is 2.26 bits per heavy atom. The summed E-state index contributed by atoms with van der Waals surface area (Å²) in [6, 6.07) is 18.0. The Morgan fingerprint density at radius 1 is 1.04 bits per heavy atom. The van der Waals surface area contributed by atoms with Crippen LogP contribution in [0.25, 0.3) is 16.4 Å². The fourth-order valence-electron chi connectivity index (χ4n) is 3.43. The Balaban J connectivity index is 0.00000182. The first-order valence-electron chi connectivity index (χ1n) is 9.04. The van der Waals surface area contributed by atoms with Crippen LogP contribution in [0.15, 0.2) is 54.6 Å². The maximum absolute atomic E-state index is 12.8. The van der Waals surface area contributed by atoms with Crippen LogP contribution in [-0.2, 0) is 20.4 Å². The van der Waals surface area contributed by atoms with Gasteiger partial charge < -0.3 is 20.9 Å². The number of carbonyl (C=O) groups excluding carboxylic acids is 1. The first-order valence-corrected chi connectivity index (χ1v) is 9.04. The fourth-order valence-corrected chi connectivity index (χ4v) is 3.43. The molecule has 1 amide bonds. The third kappa shape index (κ3) is 6.03. The van der Waals surface area contributed by atoms with Crippen LogP contribution in [0.1, 0.15) is 37.0 Å². The molecule has 0 N–H and O–H groups in total. The van der Waals surface area contributed by atoms with Gasteiger partial charge in [0.05, 0.1) is 5.91 Å². The number of hydrogen-bond acceptors (Lipinski definition) is 2. The third-order valence-electron chi connectivity index (χ3n) is 4.64. The molecule has 0 spiro atoms. The van der Waals surface area contributed by atoms with Gasteiger partial charge in [0.15, 0.2) is 0 Å². The average Bonchev–Trinajstić information content (AvgIpc) is 2.63. The molecule has 2 aromatic carbocycles. The molecule has 0 unspecified atom stereocenters. The Labute approximate surface area is 170 Å². The maximum atomic E-state index is 12.8. The summed E-state index contributed by atoms with van der Waals surface area (Å²) < 4.78 is 0. The van der Waals surface area contributed by atoms with E-state index in [1.807, 2.05) is 54.6 Å². The van der Waals surface area contributed by atoms with Crippen molar-refractivity contribution in [3.8, 4) is 11.1 Å². The predicted molar refractivity (Wildman–Crippen MR) is 104 cm³/mol. The average molecular weight is 788 g/mol. The van der Waals surface area contributed by atoms with E-state index >= 15 is 0 Å². The summed E-state index contributed by atoms with van der Waals surface area (Å²) in [6.07, 6.45) is 1.93. The summed E-state index contributed by atoms with van der Waals surface area (Å²) in [6.45, 7) is 7.43. The van der Waals surface area contributed by atoms with Gasteiger partial charge >= 0.3 is 0 Å². The van der Waals surface area contributed by atoms with Crippen LogP contribution < -0.4 is 0 Å². The first kappa shape index (κ1) is 22.6. The molecule has 0 bridgehead atoms. The summed E-state index contributed by atoms with van der Waals surface area (Å²) in [4.78, 5) is 15.2. The van der Waals surface area contributed by atoms with Crippen molar-refractivity contribution in [1.82, 2.24) is 4.90 Å². The Morgan fingerprint density at radius 2 is 1.63 bits per heavy atom. The van der Waals surface area contributed by atoms with E-state index in [-0.39, 0.29) is 32.4 Å². The molecule has 0 atom stereocenters. The standard InChI is InChI=1S/C22H27N2O.Re.Rf/c1-17(2)16-24-14-12-19(13-15-24)23-22(25)21-11-7-6-10-20(21)18-8-4-3-5-9-18;;/h3-11,19H,12-16H2,1-2H3,(H,23,25);;/q-1;;/p-1. The Bertz CT molecular complexity index is 700. The van der Waals surface area contributed by atoms with E-state index in [1.165, 1.54) is 5.92 Å². The minimum Gasteiger partial charge on any atom is -0.646 e. The molecule has 5 heteroatoms. The molecule has 3 nitrogen and oxygen atoms in total. The van der Waals surface area contributed by atoms with Gasteiger partial charge in [0, 0.05) is 26.0 Å². The molecular weight excluding hydrogens is 761 g/mol. The van der Waals surface area contributed by atoms with Gasteiger partial charge in [0.25, 0.3) is 0 Å². The minimum atomic E-state index is -0.0869. The van der Waals surface area contributed by atoms with Gasteiger partial charge in [-0.15, -0.1) is 12.6 Å². The Hall–Kier alpha value is -2.47. The monoisotopic (exact) mass is 788 g/mol. The van der Waals surface area contributed by atoms with Crippen LogP contribution in [0.2, 0.25) is 0 Å². The smallest absolute Gasteiger partial charge is 0.0828 e. The van der Waals surface area contributed by atoms with E-state index in [0.717, 1.165) is 43.6 Å². The molecule has 3 rings (SSSR count). The zero-order valence-corrected chi connectivity index (χ0v) is 25.3. The van der Waals surface area contributed by atoms with E-state index in [2.05, 4.69) is 24.1 Å². The minimum absolute atomic E-state index is 0. The maximum Gasteiger partial charge on any atom is 0.0828 e. The van der Waals surface area contributed by atoms with Crippen molar-refractivity contribution in [2.24, 2.45) is 0 Å². The van der Waals surface area contributed by atoms with Gasteiger partial charge in [-0.3, -0.25) is 0 Å². The Kier molecular flexibility index (Phi) is 8.88. The zero-order valence-electron chi connectivity index (χ0n) is 16.2. The van der Waals surface area contributed by atoms with E-state index in [1.54, 1.807) is 0 Å². The largest absolute Gasteiger partial charge is 0.646 e. The van der Waals surface area contributed by atoms with E-state index in [9.17, 15) is 4.79 Å². The van der Waals surface area contributed by atoms with Gasteiger partial charge in [0.2, 0.25) is 0 Å². The number of carbonyl (C=O) groups is 1. The third-order valence-corrected chi connectivity index (χ3v) is 4.64. The first-order chi connectivity index (χ1) is 12.1. The summed E-state index contributed by atoms with van der Waals surface area (Å²) in [5, 5.41) is 4.53. The second-order valence-corrected chi connectivity index (χ2v) is 7.06. The van der Waals surface area contributed by atoms with E-state index < -0.39 is 0 Å². The van der Waals surface area contributed by atoms with Gasteiger partial charge in [-0.2, -0.15) is 13.8 Å². The molecule has 1 saturated heterocycles. The molecule has 1 aliphatic rings. The molecule has 27 heavy (non-hydrogen) atoms. The van der Waals surface area contributed by atoms with Gasteiger partial charge in [-0.1, -0.05) is 67.4 Å². The van der Waals surface area contributed by atoms with Gasteiger partial charge in [0.1, 0.15) is 0 Å². The van der Waals surface area contributed by atoms with Crippen molar-refractivity contribution in [2.75, 3.05) is 19.6 Å². The topological polar surface area (TPSA) is 34.4 Å². The molecular formula is C22H26N2OReRf-2. The van der Waals surface area contributed by atoms with Gasteiger partial charge in [-0.05, 0) is 24.2 Å². The number of amides is 1. The molecule has 1 fully saturated rings. The second kappa shape index (κ2) is 10.6. The van der Waals surface area contributed by atoms with Crippen molar-refractivity contribution in [3.05, 3.63) is 71.4 Å². The molecule has 0 aromatic heterocycles.